The number of amides is 1. The molecule has 1 fully saturated rings. The van der Waals surface area contributed by atoms with Crippen LogP contribution in [-0.4, -0.2) is 70.6 Å². The Labute approximate surface area is 129 Å². The van der Waals surface area contributed by atoms with Gasteiger partial charge in [-0.15, -0.1) is 0 Å². The summed E-state index contributed by atoms with van der Waals surface area (Å²) in [7, 11) is 0. The molecule has 1 unspecified atom stereocenters. The Hall–Kier alpha value is -1.57. The smallest absolute Gasteiger partial charge is 0.236 e. The summed E-state index contributed by atoms with van der Waals surface area (Å²) < 4.78 is 13.1. The molecular formula is C15H22FN3O3. The first-order valence-corrected chi connectivity index (χ1v) is 7.37. The largest absolute Gasteiger partial charge is 0.394 e. The molecule has 122 valence electrons. The molecule has 0 radical (unpaired) electrons. The Morgan fingerprint density at radius 1 is 1.45 bits per heavy atom. The van der Waals surface area contributed by atoms with Crippen LogP contribution in [0.1, 0.15) is 12.1 Å². The SMILES string of the molecule is O=C(CNC(CO)(CO)Cc1ccccn1)N1CCC(F)C1. The van der Waals surface area contributed by atoms with Crippen molar-refractivity contribution in [1.29, 1.82) is 0 Å². The van der Waals surface area contributed by atoms with E-state index in [0.29, 0.717) is 25.1 Å². The first-order valence-electron chi connectivity index (χ1n) is 7.37. The number of pyridine rings is 1. The zero-order chi connectivity index (χ0) is 16.0. The Bertz CT molecular complexity index is 482. The molecule has 1 aliphatic rings. The number of hydrogen-bond acceptors (Lipinski definition) is 5. The number of carbonyl (C=O) groups excluding carboxylic acids is 1. The van der Waals surface area contributed by atoms with Gasteiger partial charge in [0.2, 0.25) is 5.91 Å². The molecule has 7 heteroatoms. The number of alkyl halides is 1. The van der Waals surface area contributed by atoms with Crippen LogP contribution in [0.4, 0.5) is 4.39 Å². The molecule has 1 aromatic heterocycles. The van der Waals surface area contributed by atoms with Crippen molar-refractivity contribution in [3.05, 3.63) is 30.1 Å². The van der Waals surface area contributed by atoms with E-state index in [2.05, 4.69) is 10.3 Å². The van der Waals surface area contributed by atoms with E-state index in [9.17, 15) is 19.4 Å². The minimum Gasteiger partial charge on any atom is -0.394 e. The maximum Gasteiger partial charge on any atom is 0.236 e. The van der Waals surface area contributed by atoms with Gasteiger partial charge >= 0.3 is 0 Å². The van der Waals surface area contributed by atoms with Crippen LogP contribution in [0.25, 0.3) is 0 Å². The number of aromatic nitrogens is 1. The average Bonchev–Trinajstić information content (AvgIpc) is 2.99. The Morgan fingerprint density at radius 3 is 2.77 bits per heavy atom. The van der Waals surface area contributed by atoms with E-state index in [0.717, 1.165) is 0 Å². The maximum atomic E-state index is 13.1. The number of carbonyl (C=O) groups is 1. The molecule has 0 aromatic carbocycles. The summed E-state index contributed by atoms with van der Waals surface area (Å²) in [5.41, 5.74) is -0.325. The highest BCUT2D eigenvalue weighted by Gasteiger charge is 2.32. The van der Waals surface area contributed by atoms with Crippen LogP contribution >= 0.6 is 0 Å². The third-order valence-electron chi connectivity index (χ3n) is 3.95. The maximum absolute atomic E-state index is 13.1. The minimum atomic E-state index is -1.03. The van der Waals surface area contributed by atoms with Crippen molar-refractivity contribution in [2.75, 3.05) is 32.8 Å². The molecule has 1 atom stereocenters. The second-order valence-electron chi connectivity index (χ2n) is 5.67. The fourth-order valence-electron chi connectivity index (χ4n) is 2.50. The molecule has 0 saturated carbocycles. The summed E-state index contributed by atoms with van der Waals surface area (Å²) in [5, 5.41) is 22.2. The van der Waals surface area contributed by atoms with Crippen molar-refractivity contribution >= 4 is 5.91 Å². The van der Waals surface area contributed by atoms with Crippen LogP contribution in [-0.2, 0) is 11.2 Å². The fraction of sp³-hybridized carbons (Fsp3) is 0.600. The van der Waals surface area contributed by atoms with E-state index in [4.69, 9.17) is 0 Å². The zero-order valence-corrected chi connectivity index (χ0v) is 12.4. The van der Waals surface area contributed by atoms with Crippen molar-refractivity contribution in [1.82, 2.24) is 15.2 Å². The standard InChI is InChI=1S/C15H22FN3O3/c16-12-4-6-19(9-12)14(22)8-18-15(10-20,11-21)7-13-3-1-2-5-17-13/h1-3,5,12,18,20-21H,4,6-11H2. The molecule has 6 nitrogen and oxygen atoms in total. The van der Waals surface area contributed by atoms with Crippen molar-refractivity contribution < 1.29 is 19.4 Å². The van der Waals surface area contributed by atoms with Crippen molar-refractivity contribution in [2.45, 2.75) is 24.6 Å². The fourth-order valence-corrected chi connectivity index (χ4v) is 2.50. The summed E-state index contributed by atoms with van der Waals surface area (Å²) >= 11 is 0. The highest BCUT2D eigenvalue weighted by Crippen LogP contribution is 2.14. The van der Waals surface area contributed by atoms with Gasteiger partial charge in [-0.3, -0.25) is 15.1 Å². The molecule has 1 aliphatic heterocycles. The lowest BCUT2D eigenvalue weighted by atomic mass is 9.94. The second-order valence-corrected chi connectivity index (χ2v) is 5.67. The number of nitrogens with one attached hydrogen (secondary N) is 1. The number of halogens is 1. The third kappa shape index (κ3) is 4.22. The zero-order valence-electron chi connectivity index (χ0n) is 12.4. The molecule has 2 heterocycles. The van der Waals surface area contributed by atoms with Crippen LogP contribution in [0.3, 0.4) is 0 Å². The van der Waals surface area contributed by atoms with Crippen LogP contribution < -0.4 is 5.32 Å². The van der Waals surface area contributed by atoms with Crippen LogP contribution in [0.15, 0.2) is 24.4 Å². The second kappa shape index (κ2) is 7.62. The van der Waals surface area contributed by atoms with Gasteiger partial charge in [0.15, 0.2) is 0 Å². The van der Waals surface area contributed by atoms with Crippen LogP contribution in [0.5, 0.6) is 0 Å². The van der Waals surface area contributed by atoms with Crippen molar-refractivity contribution in [2.24, 2.45) is 0 Å². The predicted octanol–water partition coefficient (Wildman–Crippen LogP) is -0.492. The minimum absolute atomic E-state index is 0.0549. The number of nitrogens with zero attached hydrogens (tertiary/aromatic N) is 2. The number of hydrogen-bond donors (Lipinski definition) is 3. The molecule has 0 spiro atoms. The van der Waals surface area contributed by atoms with E-state index < -0.39 is 11.7 Å². The Kier molecular flexibility index (Phi) is 5.82. The molecular weight excluding hydrogens is 289 g/mol. The highest BCUT2D eigenvalue weighted by atomic mass is 19.1. The monoisotopic (exact) mass is 311 g/mol. The van der Waals surface area contributed by atoms with Crippen LogP contribution in [0.2, 0.25) is 0 Å². The lowest BCUT2D eigenvalue weighted by Gasteiger charge is -2.31. The number of rotatable bonds is 7. The molecule has 1 amide bonds. The summed E-state index contributed by atoms with van der Waals surface area (Å²) in [6.45, 7) is -0.196. The normalized spacial score (nSPS) is 18.7. The van der Waals surface area contributed by atoms with Gasteiger partial charge in [0, 0.05) is 24.9 Å². The van der Waals surface area contributed by atoms with Gasteiger partial charge < -0.3 is 15.1 Å². The third-order valence-corrected chi connectivity index (χ3v) is 3.95. The van der Waals surface area contributed by atoms with Crippen molar-refractivity contribution in [3.8, 4) is 0 Å². The predicted molar refractivity (Wildman–Crippen MR) is 78.9 cm³/mol. The van der Waals surface area contributed by atoms with Gasteiger partial charge in [0.05, 0.1) is 31.8 Å². The summed E-state index contributed by atoms with van der Waals surface area (Å²) in [6.07, 6.45) is 1.33. The molecule has 2 rings (SSSR count). The molecule has 1 aromatic rings. The number of likely N-dealkylation sites (tertiary alicyclic amines) is 1. The van der Waals surface area contributed by atoms with Gasteiger partial charge in [-0.2, -0.15) is 0 Å². The first-order chi connectivity index (χ1) is 10.6. The number of aliphatic hydroxyl groups is 2. The molecule has 0 aliphatic carbocycles. The number of aliphatic hydroxyl groups excluding tert-OH is 2. The summed E-state index contributed by atoms with van der Waals surface area (Å²) in [6, 6.07) is 5.39. The Morgan fingerprint density at radius 2 is 2.23 bits per heavy atom. The molecule has 1 saturated heterocycles. The summed E-state index contributed by atoms with van der Waals surface area (Å²) in [5.74, 6) is -0.229. The summed E-state index contributed by atoms with van der Waals surface area (Å²) in [4.78, 5) is 17.7. The lowest BCUT2D eigenvalue weighted by Crippen LogP contribution is -2.56. The van der Waals surface area contributed by atoms with Gasteiger partial charge in [-0.1, -0.05) is 6.07 Å². The topological polar surface area (TPSA) is 85.7 Å². The van der Waals surface area contributed by atoms with E-state index in [1.54, 1.807) is 18.3 Å². The van der Waals surface area contributed by atoms with E-state index in [1.165, 1.54) is 4.90 Å². The van der Waals surface area contributed by atoms with Gasteiger partial charge in [0.25, 0.3) is 0 Å². The van der Waals surface area contributed by atoms with Crippen LogP contribution in [0, 0.1) is 0 Å². The molecule has 3 N–H and O–H groups in total. The van der Waals surface area contributed by atoms with Gasteiger partial charge in [0.1, 0.15) is 6.17 Å². The van der Waals surface area contributed by atoms with E-state index >= 15 is 0 Å². The molecule has 0 bridgehead atoms. The van der Waals surface area contributed by atoms with E-state index in [-0.39, 0.29) is 32.2 Å². The Balaban J connectivity index is 1.94. The first kappa shape index (κ1) is 16.8. The quantitative estimate of drug-likeness (QED) is 0.632. The van der Waals surface area contributed by atoms with E-state index in [1.807, 2.05) is 6.07 Å². The molecule has 22 heavy (non-hydrogen) atoms. The van der Waals surface area contributed by atoms with Gasteiger partial charge in [-0.25, -0.2) is 4.39 Å². The van der Waals surface area contributed by atoms with Gasteiger partial charge in [-0.05, 0) is 18.6 Å². The average molecular weight is 311 g/mol. The lowest BCUT2D eigenvalue weighted by molar-refractivity contribution is -0.130. The highest BCUT2D eigenvalue weighted by molar-refractivity contribution is 5.78. The van der Waals surface area contributed by atoms with Crippen molar-refractivity contribution in [3.63, 3.8) is 0 Å².